The lowest BCUT2D eigenvalue weighted by molar-refractivity contribution is 0.0199. The molecular weight excluding hydrogens is 554 g/mol. The van der Waals surface area contributed by atoms with Crippen molar-refractivity contribution in [2.24, 2.45) is 0 Å². The highest BCUT2D eigenvalue weighted by molar-refractivity contribution is 7.10. The van der Waals surface area contributed by atoms with E-state index >= 15 is 0 Å². The second-order valence-electron chi connectivity index (χ2n) is 11.6. The van der Waals surface area contributed by atoms with E-state index in [1.165, 1.54) is 16.2 Å². The zero-order valence-electron chi connectivity index (χ0n) is 23.8. The summed E-state index contributed by atoms with van der Waals surface area (Å²) in [6.45, 7) is 6.71. The number of ether oxygens (including phenoxy) is 1. The molecule has 0 aliphatic carbocycles. The molecule has 218 valence electrons. The number of likely N-dealkylation sites (tertiary alicyclic amines) is 2. The summed E-state index contributed by atoms with van der Waals surface area (Å²) < 4.78 is 11.1. The number of thiazole rings is 1. The largest absolute Gasteiger partial charge is 0.465 e. The molecule has 2 amide bonds. The summed E-state index contributed by atoms with van der Waals surface area (Å²) in [6.07, 6.45) is 2.02. The van der Waals surface area contributed by atoms with E-state index in [2.05, 4.69) is 22.3 Å². The number of rotatable bonds is 5. The third kappa shape index (κ3) is 5.74. The first-order valence-corrected chi connectivity index (χ1v) is 15.0. The van der Waals surface area contributed by atoms with Gasteiger partial charge in [0.2, 0.25) is 11.7 Å². The van der Waals surface area contributed by atoms with Gasteiger partial charge < -0.3 is 14.4 Å². The van der Waals surface area contributed by atoms with Gasteiger partial charge in [0.25, 0.3) is 0 Å². The van der Waals surface area contributed by atoms with Crippen LogP contribution in [-0.2, 0) is 4.74 Å². The van der Waals surface area contributed by atoms with E-state index in [1.807, 2.05) is 62.5 Å². The van der Waals surface area contributed by atoms with E-state index in [0.29, 0.717) is 24.8 Å². The lowest BCUT2D eigenvalue weighted by Crippen LogP contribution is -2.36. The van der Waals surface area contributed by atoms with Gasteiger partial charge in [-0.2, -0.15) is 4.98 Å². The Kier molecular flexibility index (Phi) is 7.44. The van der Waals surface area contributed by atoms with E-state index < -0.39 is 11.7 Å². The fourth-order valence-corrected chi connectivity index (χ4v) is 6.50. The summed E-state index contributed by atoms with van der Waals surface area (Å²) in [5, 5.41) is 16.5. The molecule has 2 fully saturated rings. The highest BCUT2D eigenvalue weighted by Gasteiger charge is 2.37. The van der Waals surface area contributed by atoms with Crippen LogP contribution in [0.5, 0.6) is 0 Å². The maximum atomic E-state index is 12.7. The molecule has 4 heterocycles. The first kappa shape index (κ1) is 27.9. The number of nitrogens with zero attached hydrogens (tertiary/aromatic N) is 5. The number of amides is 2. The molecule has 2 atom stereocenters. The van der Waals surface area contributed by atoms with E-state index in [-0.39, 0.29) is 18.2 Å². The molecule has 2 aliphatic rings. The van der Waals surface area contributed by atoms with Crippen molar-refractivity contribution in [3.05, 3.63) is 64.8 Å². The SMILES string of the molecule is CC(C)(C)OC(=O)N1CCCC1c1nc(-c2ccc(-c3ccc(-c4csc(C5CCCN5C(=O)O)n4)cc3)cc2)no1. The Morgan fingerprint density at radius 2 is 1.48 bits per heavy atom. The van der Waals surface area contributed by atoms with Crippen molar-refractivity contribution in [2.45, 2.75) is 64.1 Å². The van der Waals surface area contributed by atoms with Crippen LogP contribution in [0.25, 0.3) is 33.8 Å². The van der Waals surface area contributed by atoms with Gasteiger partial charge in [-0.3, -0.25) is 9.80 Å². The first-order chi connectivity index (χ1) is 20.2. The van der Waals surface area contributed by atoms with Crippen molar-refractivity contribution in [1.82, 2.24) is 24.9 Å². The molecule has 2 saturated heterocycles. The lowest BCUT2D eigenvalue weighted by Gasteiger charge is -2.26. The Labute approximate surface area is 247 Å². The molecule has 1 N–H and O–H groups in total. The van der Waals surface area contributed by atoms with Crippen LogP contribution in [0.4, 0.5) is 9.59 Å². The van der Waals surface area contributed by atoms with Gasteiger partial charge in [-0.1, -0.05) is 53.7 Å². The van der Waals surface area contributed by atoms with Gasteiger partial charge in [0.1, 0.15) is 16.7 Å². The van der Waals surface area contributed by atoms with Crippen LogP contribution in [0, 0.1) is 0 Å². The zero-order chi connectivity index (χ0) is 29.4. The second-order valence-corrected chi connectivity index (χ2v) is 12.5. The highest BCUT2D eigenvalue weighted by Crippen LogP contribution is 2.37. The third-order valence-electron chi connectivity index (χ3n) is 7.57. The molecule has 10 nitrogen and oxygen atoms in total. The monoisotopic (exact) mass is 587 g/mol. The second kappa shape index (κ2) is 11.2. The maximum absolute atomic E-state index is 12.7. The van der Waals surface area contributed by atoms with Crippen molar-refractivity contribution >= 4 is 23.5 Å². The molecule has 4 aromatic rings. The Morgan fingerprint density at radius 1 is 0.881 bits per heavy atom. The van der Waals surface area contributed by atoms with E-state index in [1.54, 1.807) is 4.90 Å². The van der Waals surface area contributed by atoms with Gasteiger partial charge in [0, 0.05) is 29.6 Å². The molecule has 0 radical (unpaired) electrons. The smallest absolute Gasteiger partial charge is 0.410 e. The summed E-state index contributed by atoms with van der Waals surface area (Å²) in [5.41, 5.74) is 4.20. The molecule has 2 aromatic heterocycles. The van der Waals surface area contributed by atoms with Gasteiger partial charge in [-0.15, -0.1) is 11.3 Å². The fourth-order valence-electron chi connectivity index (χ4n) is 5.52. The van der Waals surface area contributed by atoms with Gasteiger partial charge in [-0.05, 0) is 57.6 Å². The molecule has 0 spiro atoms. The predicted molar refractivity (Wildman–Crippen MR) is 158 cm³/mol. The molecule has 0 saturated carbocycles. The highest BCUT2D eigenvalue weighted by atomic mass is 32.1. The molecule has 2 aliphatic heterocycles. The number of hydrogen-bond acceptors (Lipinski definition) is 8. The summed E-state index contributed by atoms with van der Waals surface area (Å²) in [6, 6.07) is 15.7. The number of aromatic nitrogens is 3. The van der Waals surface area contributed by atoms with E-state index in [4.69, 9.17) is 14.2 Å². The predicted octanol–water partition coefficient (Wildman–Crippen LogP) is 7.41. The summed E-state index contributed by atoms with van der Waals surface area (Å²) >= 11 is 1.51. The molecule has 2 unspecified atom stereocenters. The third-order valence-corrected chi connectivity index (χ3v) is 8.52. The number of hydrogen-bond donors (Lipinski definition) is 1. The minimum Gasteiger partial charge on any atom is -0.465 e. The van der Waals surface area contributed by atoms with E-state index in [9.17, 15) is 14.7 Å². The number of carbonyl (C=O) groups is 2. The normalized spacial score (nSPS) is 18.9. The maximum Gasteiger partial charge on any atom is 0.410 e. The fraction of sp³-hybridized carbons (Fsp3) is 0.387. The Morgan fingerprint density at radius 3 is 2.12 bits per heavy atom. The van der Waals surface area contributed by atoms with Gasteiger partial charge in [0.15, 0.2) is 0 Å². The van der Waals surface area contributed by atoms with Crippen LogP contribution in [0.3, 0.4) is 0 Å². The van der Waals surface area contributed by atoms with Crippen LogP contribution in [0.1, 0.15) is 69.4 Å². The van der Waals surface area contributed by atoms with E-state index in [0.717, 1.165) is 58.6 Å². The minimum absolute atomic E-state index is 0.156. The van der Waals surface area contributed by atoms with Crippen LogP contribution >= 0.6 is 11.3 Å². The van der Waals surface area contributed by atoms with Gasteiger partial charge in [0.05, 0.1) is 11.7 Å². The van der Waals surface area contributed by atoms with Gasteiger partial charge >= 0.3 is 12.2 Å². The number of benzene rings is 2. The van der Waals surface area contributed by atoms with Crippen molar-refractivity contribution in [3.63, 3.8) is 0 Å². The van der Waals surface area contributed by atoms with Crippen LogP contribution < -0.4 is 0 Å². The summed E-state index contributed by atoms with van der Waals surface area (Å²) in [5.74, 6) is 0.896. The molecule has 0 bridgehead atoms. The summed E-state index contributed by atoms with van der Waals surface area (Å²) in [4.78, 5) is 36.7. The molecule has 11 heteroatoms. The number of carboxylic acid groups (broad SMARTS) is 1. The molecular formula is C31H33N5O5S. The first-order valence-electron chi connectivity index (χ1n) is 14.2. The Balaban J connectivity index is 1.13. The molecule has 6 rings (SSSR count). The Bertz CT molecular complexity index is 1570. The van der Waals surface area contributed by atoms with Gasteiger partial charge in [-0.25, -0.2) is 14.6 Å². The summed E-state index contributed by atoms with van der Waals surface area (Å²) in [7, 11) is 0. The van der Waals surface area contributed by atoms with Crippen molar-refractivity contribution in [1.29, 1.82) is 0 Å². The quantitative estimate of drug-likeness (QED) is 0.256. The molecule has 2 aromatic carbocycles. The average molecular weight is 588 g/mol. The average Bonchev–Trinajstić information content (AvgIpc) is 3.78. The molecule has 42 heavy (non-hydrogen) atoms. The van der Waals surface area contributed by atoms with Crippen molar-refractivity contribution in [3.8, 4) is 33.8 Å². The minimum atomic E-state index is -0.886. The van der Waals surface area contributed by atoms with Crippen LogP contribution in [-0.4, -0.2) is 60.9 Å². The van der Waals surface area contributed by atoms with Crippen LogP contribution in [0.15, 0.2) is 58.4 Å². The lowest BCUT2D eigenvalue weighted by atomic mass is 10.0. The zero-order valence-corrected chi connectivity index (χ0v) is 24.6. The Hall–Kier alpha value is -4.25. The number of carbonyl (C=O) groups excluding carboxylic acids is 1. The van der Waals surface area contributed by atoms with Crippen molar-refractivity contribution in [2.75, 3.05) is 13.1 Å². The van der Waals surface area contributed by atoms with Crippen molar-refractivity contribution < 1.29 is 24.0 Å². The topological polar surface area (TPSA) is 122 Å². The standard InChI is InChI=1S/C31H33N5O5S/c1-31(2,3)40-30(39)36-17-4-6-24(36)27-33-26(34-41-27)22-14-10-20(11-15-22)19-8-12-21(13-9-19)23-18-42-28(32-23)25-7-5-16-35(25)29(37)38/h8-15,18,24-25H,4-7,16-17H2,1-3H3,(H,37,38). The van der Waals surface area contributed by atoms with Crippen LogP contribution in [0.2, 0.25) is 0 Å².